The van der Waals surface area contributed by atoms with Crippen molar-refractivity contribution in [2.24, 2.45) is 0 Å². The van der Waals surface area contributed by atoms with Gasteiger partial charge in [0.25, 0.3) is 5.91 Å². The van der Waals surface area contributed by atoms with Crippen LogP contribution in [0.15, 0.2) is 64.5 Å². The molecule has 5 nitrogen and oxygen atoms in total. The summed E-state index contributed by atoms with van der Waals surface area (Å²) in [5.41, 5.74) is 1.96. The topological polar surface area (TPSA) is 72.5 Å². The van der Waals surface area contributed by atoms with Gasteiger partial charge in [-0.3, -0.25) is 9.59 Å². The van der Waals surface area contributed by atoms with Crippen LogP contribution in [0.1, 0.15) is 31.2 Å². The quantitative estimate of drug-likeness (QED) is 0.424. The lowest BCUT2D eigenvalue weighted by atomic mass is 10.0. The third-order valence-electron chi connectivity index (χ3n) is 3.91. The molecule has 0 radical (unpaired) electrons. The highest BCUT2D eigenvalue weighted by atomic mass is 79.9. The molecule has 3 aromatic rings. The van der Waals surface area contributed by atoms with E-state index in [1.165, 1.54) is 17.4 Å². The van der Waals surface area contributed by atoms with E-state index in [1.807, 2.05) is 13.0 Å². The van der Waals surface area contributed by atoms with Gasteiger partial charge in [0, 0.05) is 15.7 Å². The molecule has 0 atom stereocenters. The Bertz CT molecular complexity index is 1030. The van der Waals surface area contributed by atoms with Gasteiger partial charge in [0.1, 0.15) is 0 Å². The van der Waals surface area contributed by atoms with Gasteiger partial charge in [0.2, 0.25) is 5.78 Å². The highest BCUT2D eigenvalue weighted by molar-refractivity contribution is 9.10. The first-order valence-corrected chi connectivity index (χ1v) is 10.0. The summed E-state index contributed by atoms with van der Waals surface area (Å²) in [7, 11) is 0. The minimum atomic E-state index is -0.720. The molecule has 1 aromatic heterocycles. The molecule has 142 valence electrons. The first-order chi connectivity index (χ1) is 13.5. The molecule has 0 aliphatic carbocycles. The van der Waals surface area contributed by atoms with Gasteiger partial charge in [-0.2, -0.15) is 0 Å². The summed E-state index contributed by atoms with van der Waals surface area (Å²) in [4.78, 5) is 37.6. The molecule has 0 spiro atoms. The molecule has 1 amide bonds. The van der Waals surface area contributed by atoms with Crippen molar-refractivity contribution in [3.8, 4) is 0 Å². The Kier molecular flexibility index (Phi) is 6.38. The number of nitrogens with one attached hydrogen (secondary N) is 1. The van der Waals surface area contributed by atoms with E-state index in [0.717, 1.165) is 10.0 Å². The average Bonchev–Trinajstić information content (AvgIpc) is 3.23. The average molecular weight is 458 g/mol. The minimum absolute atomic E-state index is 0.133. The van der Waals surface area contributed by atoms with Gasteiger partial charge in [0.05, 0.1) is 10.4 Å². The molecule has 2 aromatic carbocycles. The Morgan fingerprint density at radius 2 is 1.79 bits per heavy atom. The maximum Gasteiger partial charge on any atom is 0.339 e. The molecule has 1 N–H and O–H groups in total. The lowest BCUT2D eigenvalue weighted by Gasteiger charge is -2.10. The molecule has 7 heteroatoms. The van der Waals surface area contributed by atoms with Crippen molar-refractivity contribution in [2.45, 2.75) is 6.92 Å². The normalized spacial score (nSPS) is 10.4. The van der Waals surface area contributed by atoms with Crippen LogP contribution in [-0.2, 0) is 9.53 Å². The van der Waals surface area contributed by atoms with Gasteiger partial charge in [-0.05, 0) is 48.2 Å². The summed E-state index contributed by atoms with van der Waals surface area (Å²) < 4.78 is 6.05. The second-order valence-electron chi connectivity index (χ2n) is 5.94. The van der Waals surface area contributed by atoms with Crippen LogP contribution < -0.4 is 5.32 Å². The number of benzene rings is 2. The third kappa shape index (κ3) is 4.74. The van der Waals surface area contributed by atoms with E-state index < -0.39 is 18.5 Å². The van der Waals surface area contributed by atoms with Crippen LogP contribution in [-0.4, -0.2) is 24.3 Å². The van der Waals surface area contributed by atoms with Crippen molar-refractivity contribution < 1.29 is 19.1 Å². The number of anilines is 1. The van der Waals surface area contributed by atoms with E-state index in [9.17, 15) is 14.4 Å². The van der Waals surface area contributed by atoms with E-state index in [1.54, 1.807) is 47.8 Å². The van der Waals surface area contributed by atoms with Crippen LogP contribution in [0.25, 0.3) is 0 Å². The van der Waals surface area contributed by atoms with E-state index >= 15 is 0 Å². The lowest BCUT2D eigenvalue weighted by molar-refractivity contribution is -0.119. The monoisotopic (exact) mass is 457 g/mol. The van der Waals surface area contributed by atoms with Gasteiger partial charge in [-0.25, -0.2) is 4.79 Å². The molecule has 0 fully saturated rings. The third-order valence-corrected chi connectivity index (χ3v) is 5.67. The number of carbonyl (C=O) groups excluding carboxylic acids is 3. The number of amides is 1. The van der Waals surface area contributed by atoms with Crippen LogP contribution in [0, 0.1) is 6.92 Å². The first kappa shape index (κ1) is 20.0. The van der Waals surface area contributed by atoms with Crippen LogP contribution in [0.5, 0.6) is 0 Å². The predicted octanol–water partition coefficient (Wildman–Crippen LogP) is 4.85. The van der Waals surface area contributed by atoms with Crippen molar-refractivity contribution >= 4 is 50.6 Å². The Balaban J connectivity index is 1.66. The van der Waals surface area contributed by atoms with Gasteiger partial charge >= 0.3 is 5.97 Å². The largest absolute Gasteiger partial charge is 0.452 e. The molecular formula is C21H16BrNO4S. The molecule has 0 unspecified atom stereocenters. The molecular weight excluding hydrogens is 442 g/mol. The van der Waals surface area contributed by atoms with Gasteiger partial charge in [-0.1, -0.05) is 40.2 Å². The van der Waals surface area contributed by atoms with Crippen LogP contribution in [0.4, 0.5) is 5.69 Å². The van der Waals surface area contributed by atoms with Gasteiger partial charge < -0.3 is 10.1 Å². The smallest absolute Gasteiger partial charge is 0.339 e. The maximum atomic E-state index is 12.6. The highest BCUT2D eigenvalue weighted by Crippen LogP contribution is 2.21. The summed E-state index contributed by atoms with van der Waals surface area (Å²) in [5.74, 6) is -1.43. The molecule has 0 saturated carbocycles. The van der Waals surface area contributed by atoms with E-state index in [4.69, 9.17) is 4.74 Å². The van der Waals surface area contributed by atoms with Crippen molar-refractivity contribution in [1.29, 1.82) is 0 Å². The number of ether oxygens (including phenoxy) is 1. The van der Waals surface area contributed by atoms with Crippen molar-refractivity contribution in [2.75, 3.05) is 11.9 Å². The van der Waals surface area contributed by atoms with Crippen molar-refractivity contribution in [3.05, 3.63) is 86.0 Å². The fraction of sp³-hybridized carbons (Fsp3) is 0.0952. The van der Waals surface area contributed by atoms with Crippen molar-refractivity contribution in [3.63, 3.8) is 0 Å². The number of hydrogen-bond donors (Lipinski definition) is 1. The van der Waals surface area contributed by atoms with E-state index in [2.05, 4.69) is 21.2 Å². The Morgan fingerprint density at radius 1 is 1.04 bits per heavy atom. The van der Waals surface area contributed by atoms with Crippen molar-refractivity contribution in [1.82, 2.24) is 0 Å². The molecule has 3 rings (SSSR count). The SMILES string of the molecule is Cc1cc(NC(=O)COC(=O)c2ccccc2C(=O)c2cccs2)ccc1Br. The Labute approximate surface area is 174 Å². The molecule has 0 aliphatic rings. The lowest BCUT2D eigenvalue weighted by Crippen LogP contribution is -2.22. The van der Waals surface area contributed by atoms with Gasteiger partial charge in [-0.15, -0.1) is 11.3 Å². The summed E-state index contributed by atoms with van der Waals surface area (Å²) in [6, 6.07) is 15.2. The molecule has 1 heterocycles. The number of thiophene rings is 1. The van der Waals surface area contributed by atoms with Gasteiger partial charge in [0.15, 0.2) is 6.61 Å². The summed E-state index contributed by atoms with van der Waals surface area (Å²) in [6.07, 6.45) is 0. The summed E-state index contributed by atoms with van der Waals surface area (Å²) in [5, 5.41) is 4.47. The molecule has 0 aliphatic heterocycles. The van der Waals surface area contributed by atoms with E-state index in [0.29, 0.717) is 10.6 Å². The standard InChI is InChI=1S/C21H16BrNO4S/c1-13-11-14(8-9-17(13)22)23-19(24)12-27-21(26)16-6-3-2-5-15(16)20(25)18-7-4-10-28-18/h2-11H,12H2,1H3,(H,23,24). The number of halogens is 1. The summed E-state index contributed by atoms with van der Waals surface area (Å²) >= 11 is 4.69. The Hall–Kier alpha value is -2.77. The predicted molar refractivity (Wildman–Crippen MR) is 112 cm³/mol. The number of esters is 1. The first-order valence-electron chi connectivity index (χ1n) is 8.36. The second kappa shape index (κ2) is 8.95. The Morgan fingerprint density at radius 3 is 2.46 bits per heavy atom. The zero-order chi connectivity index (χ0) is 20.1. The molecule has 28 heavy (non-hydrogen) atoms. The number of aryl methyl sites for hydroxylation is 1. The zero-order valence-corrected chi connectivity index (χ0v) is 17.3. The van der Waals surface area contributed by atoms with Crippen LogP contribution >= 0.6 is 27.3 Å². The number of hydrogen-bond acceptors (Lipinski definition) is 5. The number of ketones is 1. The van der Waals surface area contributed by atoms with E-state index in [-0.39, 0.29) is 16.9 Å². The minimum Gasteiger partial charge on any atom is -0.452 e. The zero-order valence-electron chi connectivity index (χ0n) is 14.9. The van der Waals surface area contributed by atoms with Crippen LogP contribution in [0.3, 0.4) is 0 Å². The molecule has 0 bridgehead atoms. The fourth-order valence-corrected chi connectivity index (χ4v) is 3.45. The number of carbonyl (C=O) groups is 3. The molecule has 0 saturated heterocycles. The van der Waals surface area contributed by atoms with Crippen LogP contribution in [0.2, 0.25) is 0 Å². The highest BCUT2D eigenvalue weighted by Gasteiger charge is 2.20. The maximum absolute atomic E-state index is 12.6. The number of rotatable bonds is 6. The summed E-state index contributed by atoms with van der Waals surface area (Å²) in [6.45, 7) is 1.46. The fourth-order valence-electron chi connectivity index (χ4n) is 2.53. The second-order valence-corrected chi connectivity index (χ2v) is 7.74.